The maximum absolute atomic E-state index is 14.3. The average molecular weight is 586 g/mol. The lowest BCUT2D eigenvalue weighted by Gasteiger charge is -2.41. The molecule has 222 valence electrons. The minimum Gasteiger partial charge on any atom is -0.333 e. The molecule has 0 saturated carbocycles. The summed E-state index contributed by atoms with van der Waals surface area (Å²) in [6, 6.07) is 12.7. The van der Waals surface area contributed by atoms with Crippen molar-refractivity contribution in [2.45, 2.75) is 51.2 Å². The molecule has 9 nitrogen and oxygen atoms in total. The maximum Gasteiger partial charge on any atom is 0.254 e. The van der Waals surface area contributed by atoms with E-state index in [2.05, 4.69) is 33.4 Å². The second-order valence-electron chi connectivity index (χ2n) is 12.4. The van der Waals surface area contributed by atoms with Crippen molar-refractivity contribution in [3.63, 3.8) is 0 Å². The maximum atomic E-state index is 14.3. The van der Waals surface area contributed by atoms with Crippen LogP contribution in [0.1, 0.15) is 59.2 Å². The molecule has 1 N–H and O–H groups in total. The van der Waals surface area contributed by atoms with Gasteiger partial charge in [0, 0.05) is 73.8 Å². The molecule has 2 atom stereocenters. The highest BCUT2D eigenvalue weighted by molar-refractivity contribution is 5.99. The van der Waals surface area contributed by atoms with E-state index in [4.69, 9.17) is 0 Å². The number of carbonyl (C=O) groups is 2. The van der Waals surface area contributed by atoms with E-state index in [-0.39, 0.29) is 36.9 Å². The summed E-state index contributed by atoms with van der Waals surface area (Å²) in [4.78, 5) is 32.8. The van der Waals surface area contributed by atoms with Crippen LogP contribution in [0.2, 0.25) is 0 Å². The summed E-state index contributed by atoms with van der Waals surface area (Å²) in [7, 11) is 0. The van der Waals surface area contributed by atoms with Gasteiger partial charge in [-0.25, -0.2) is 8.78 Å². The Kier molecular flexibility index (Phi) is 7.44. The van der Waals surface area contributed by atoms with Gasteiger partial charge >= 0.3 is 0 Å². The number of amides is 2. The minimum absolute atomic E-state index is 0.0966. The van der Waals surface area contributed by atoms with Crippen LogP contribution in [0.3, 0.4) is 0 Å². The van der Waals surface area contributed by atoms with Gasteiger partial charge in [0.1, 0.15) is 11.6 Å². The van der Waals surface area contributed by atoms with Gasteiger partial charge in [0.05, 0.1) is 35.3 Å². The molecule has 0 unspecified atom stereocenters. The highest BCUT2D eigenvalue weighted by atomic mass is 19.1. The largest absolute Gasteiger partial charge is 0.333 e. The van der Waals surface area contributed by atoms with Crippen molar-refractivity contribution in [3.05, 3.63) is 87.7 Å². The summed E-state index contributed by atoms with van der Waals surface area (Å²) in [6.07, 6.45) is 0.117. The number of benzene rings is 2. The van der Waals surface area contributed by atoms with E-state index >= 15 is 0 Å². The Morgan fingerprint density at radius 1 is 1.19 bits per heavy atom. The fourth-order valence-electron chi connectivity index (χ4n) is 6.39. The van der Waals surface area contributed by atoms with E-state index in [1.807, 2.05) is 13.8 Å². The number of aromatic nitrogens is 2. The van der Waals surface area contributed by atoms with Gasteiger partial charge in [-0.15, -0.1) is 0 Å². The van der Waals surface area contributed by atoms with Gasteiger partial charge in [-0.1, -0.05) is 26.0 Å². The molecule has 6 rings (SSSR count). The van der Waals surface area contributed by atoms with Crippen LogP contribution in [0, 0.1) is 23.0 Å². The SMILES string of the molecule is C[C@@H]1CN(CC(=O)N2CC(C)(C)c3nnc(Cc4ccc(F)cc4F)cc32)[C@@H](CN2Cc3c(C#N)cccc3C2=O)CN1. The van der Waals surface area contributed by atoms with E-state index in [0.717, 1.165) is 11.6 Å². The van der Waals surface area contributed by atoms with Crippen LogP contribution in [0.25, 0.3) is 0 Å². The molecule has 11 heteroatoms. The van der Waals surface area contributed by atoms with Gasteiger partial charge in [-0.05, 0) is 36.8 Å². The number of nitrogens with zero attached hydrogens (tertiary/aromatic N) is 6. The van der Waals surface area contributed by atoms with Crippen LogP contribution in [-0.4, -0.2) is 76.6 Å². The summed E-state index contributed by atoms with van der Waals surface area (Å²) in [5.74, 6) is -1.50. The third kappa shape index (κ3) is 5.48. The van der Waals surface area contributed by atoms with Crippen molar-refractivity contribution >= 4 is 17.5 Å². The van der Waals surface area contributed by atoms with Crippen molar-refractivity contribution in [1.82, 2.24) is 25.3 Å². The molecule has 1 fully saturated rings. The molecule has 0 spiro atoms. The van der Waals surface area contributed by atoms with E-state index in [1.165, 1.54) is 12.1 Å². The second-order valence-corrected chi connectivity index (χ2v) is 12.4. The molecular formula is C32H33F2N7O2. The minimum atomic E-state index is -0.655. The lowest BCUT2D eigenvalue weighted by atomic mass is 9.91. The van der Waals surface area contributed by atoms with Crippen LogP contribution >= 0.6 is 0 Å². The predicted molar refractivity (Wildman–Crippen MR) is 155 cm³/mol. The molecule has 0 bridgehead atoms. The third-order valence-electron chi connectivity index (χ3n) is 8.66. The third-order valence-corrected chi connectivity index (χ3v) is 8.66. The highest BCUT2D eigenvalue weighted by Crippen LogP contribution is 2.39. The molecular weight excluding hydrogens is 552 g/mol. The van der Waals surface area contributed by atoms with Crippen molar-refractivity contribution < 1.29 is 18.4 Å². The van der Waals surface area contributed by atoms with Crippen LogP contribution < -0.4 is 10.2 Å². The van der Waals surface area contributed by atoms with Crippen molar-refractivity contribution in [1.29, 1.82) is 5.26 Å². The number of nitrogens with one attached hydrogen (secondary N) is 1. The number of halogens is 2. The smallest absolute Gasteiger partial charge is 0.254 e. The summed E-state index contributed by atoms with van der Waals surface area (Å²) >= 11 is 0. The van der Waals surface area contributed by atoms with Gasteiger partial charge in [0.25, 0.3) is 5.91 Å². The van der Waals surface area contributed by atoms with Crippen LogP contribution in [0.5, 0.6) is 0 Å². The number of hydrogen-bond donors (Lipinski definition) is 1. The van der Waals surface area contributed by atoms with Gasteiger partial charge in [0.2, 0.25) is 5.91 Å². The number of hydrogen-bond acceptors (Lipinski definition) is 7. The lowest BCUT2D eigenvalue weighted by Crippen LogP contribution is -2.60. The van der Waals surface area contributed by atoms with E-state index in [9.17, 15) is 23.6 Å². The van der Waals surface area contributed by atoms with Crippen LogP contribution in [-0.2, 0) is 23.2 Å². The molecule has 2 aromatic carbocycles. The Morgan fingerprint density at radius 2 is 2.00 bits per heavy atom. The second kappa shape index (κ2) is 11.1. The summed E-state index contributed by atoms with van der Waals surface area (Å²) in [6.45, 7) is 8.69. The fraction of sp³-hybridized carbons (Fsp3) is 0.406. The fourth-order valence-corrected chi connectivity index (χ4v) is 6.39. The molecule has 1 saturated heterocycles. The van der Waals surface area contributed by atoms with E-state index in [0.29, 0.717) is 66.5 Å². The molecule has 43 heavy (non-hydrogen) atoms. The Balaban J connectivity index is 1.20. The molecule has 2 amide bonds. The molecule has 0 radical (unpaired) electrons. The topological polar surface area (TPSA) is 105 Å². The monoisotopic (exact) mass is 585 g/mol. The van der Waals surface area contributed by atoms with Gasteiger partial charge in [-0.2, -0.15) is 15.5 Å². The first-order valence-electron chi connectivity index (χ1n) is 14.4. The van der Waals surface area contributed by atoms with E-state index in [1.54, 1.807) is 34.1 Å². The van der Waals surface area contributed by atoms with Crippen LogP contribution in [0.15, 0.2) is 42.5 Å². The Morgan fingerprint density at radius 3 is 2.77 bits per heavy atom. The predicted octanol–water partition coefficient (Wildman–Crippen LogP) is 3.16. The Bertz CT molecular complexity index is 1650. The van der Waals surface area contributed by atoms with Gasteiger partial charge < -0.3 is 15.1 Å². The standard InChI is InChI=1S/C32H33F2N7O2/c1-19-14-39(24(13-36-19)15-40-16-26-21(12-35)5-4-6-25(26)31(40)43)17-29(42)41-18-32(2,3)30-28(41)11-23(37-38-30)9-20-7-8-22(33)10-27(20)34/h4-8,10-11,19,24,36H,9,13-18H2,1-3H3/t19-,24-/m1/s1. The summed E-state index contributed by atoms with van der Waals surface area (Å²) < 4.78 is 27.8. The zero-order valence-electron chi connectivity index (χ0n) is 24.4. The zero-order chi connectivity index (χ0) is 30.5. The number of anilines is 1. The number of piperazine rings is 1. The number of fused-ring (bicyclic) bond motifs is 2. The quantitative estimate of drug-likeness (QED) is 0.474. The molecule has 3 aromatic rings. The normalized spacial score (nSPS) is 21.1. The zero-order valence-corrected chi connectivity index (χ0v) is 24.4. The van der Waals surface area contributed by atoms with Gasteiger partial charge in [0.15, 0.2) is 0 Å². The lowest BCUT2D eigenvalue weighted by molar-refractivity contribution is -0.120. The molecule has 3 aliphatic rings. The van der Waals surface area contributed by atoms with Crippen LogP contribution in [0.4, 0.5) is 14.5 Å². The first-order chi connectivity index (χ1) is 20.5. The van der Waals surface area contributed by atoms with E-state index < -0.39 is 17.0 Å². The summed E-state index contributed by atoms with van der Waals surface area (Å²) in [5.41, 5.74) is 3.52. The number of rotatable bonds is 6. The number of carbonyl (C=O) groups excluding carboxylic acids is 2. The highest BCUT2D eigenvalue weighted by Gasteiger charge is 2.42. The Labute approximate surface area is 249 Å². The molecule has 3 aliphatic heterocycles. The van der Waals surface area contributed by atoms with Gasteiger partial charge in [-0.3, -0.25) is 14.5 Å². The molecule has 0 aliphatic carbocycles. The van der Waals surface area contributed by atoms with Crippen molar-refractivity contribution in [2.75, 3.05) is 37.6 Å². The van der Waals surface area contributed by atoms with Crippen molar-refractivity contribution in [3.8, 4) is 6.07 Å². The Hall–Kier alpha value is -4.27. The summed E-state index contributed by atoms with van der Waals surface area (Å²) in [5, 5.41) is 21.7. The average Bonchev–Trinajstić information content (AvgIpc) is 3.43. The van der Waals surface area contributed by atoms with Crippen molar-refractivity contribution in [2.24, 2.45) is 0 Å². The first-order valence-corrected chi connectivity index (χ1v) is 14.4. The molecule has 1 aromatic heterocycles. The molecule has 4 heterocycles. The first kappa shape index (κ1) is 28.8. The number of nitriles is 1.